The fourth-order valence-electron chi connectivity index (χ4n) is 1.68. The number of hydrogen-bond donors (Lipinski definition) is 0. The average molecular weight is 400 g/mol. The van der Waals surface area contributed by atoms with E-state index in [0.717, 1.165) is 9.64 Å². The standard InChI is InChI=1S/C13H9IN2O5/c14-11-3-1-2-4-13(11)21-8-9-5-6-10(15(17)18)7-12(9)16(19)20/h1-7H,8H2. The van der Waals surface area contributed by atoms with Crippen molar-refractivity contribution in [3.8, 4) is 5.75 Å². The third-order valence-corrected chi connectivity index (χ3v) is 3.59. The van der Waals surface area contributed by atoms with E-state index in [9.17, 15) is 20.2 Å². The molecule has 0 bridgehead atoms. The molecule has 0 aliphatic rings. The molecule has 8 heteroatoms. The van der Waals surface area contributed by atoms with Crippen LogP contribution in [0.15, 0.2) is 42.5 Å². The Labute approximate surface area is 133 Å². The maximum Gasteiger partial charge on any atom is 0.282 e. The summed E-state index contributed by atoms with van der Waals surface area (Å²) in [5, 5.41) is 21.7. The van der Waals surface area contributed by atoms with Crippen LogP contribution in [0, 0.1) is 23.8 Å². The van der Waals surface area contributed by atoms with Crippen LogP contribution in [0.2, 0.25) is 0 Å². The molecule has 2 rings (SSSR count). The molecule has 21 heavy (non-hydrogen) atoms. The Kier molecular flexibility index (Phi) is 4.68. The highest BCUT2D eigenvalue weighted by molar-refractivity contribution is 14.1. The molecular formula is C13H9IN2O5. The molecule has 0 saturated carbocycles. The molecule has 0 N–H and O–H groups in total. The molecule has 2 aromatic rings. The van der Waals surface area contributed by atoms with E-state index >= 15 is 0 Å². The van der Waals surface area contributed by atoms with Gasteiger partial charge in [0.15, 0.2) is 0 Å². The van der Waals surface area contributed by atoms with Crippen molar-refractivity contribution >= 4 is 34.0 Å². The SMILES string of the molecule is O=[N+]([O-])c1ccc(COc2ccccc2I)c([N+](=O)[O-])c1. The predicted octanol–water partition coefficient (Wildman–Crippen LogP) is 3.69. The minimum atomic E-state index is -0.669. The number of ether oxygens (including phenoxy) is 1. The van der Waals surface area contributed by atoms with Crippen molar-refractivity contribution in [1.29, 1.82) is 0 Å². The zero-order chi connectivity index (χ0) is 15.4. The number of non-ortho nitro benzene ring substituents is 1. The Hall–Kier alpha value is -2.23. The lowest BCUT2D eigenvalue weighted by Gasteiger charge is -2.08. The van der Waals surface area contributed by atoms with E-state index in [1.807, 2.05) is 12.1 Å². The molecule has 0 fully saturated rings. The summed E-state index contributed by atoms with van der Waals surface area (Å²) < 4.78 is 6.41. The van der Waals surface area contributed by atoms with Gasteiger partial charge in [0.2, 0.25) is 0 Å². The van der Waals surface area contributed by atoms with Crippen molar-refractivity contribution < 1.29 is 14.6 Å². The van der Waals surface area contributed by atoms with Gasteiger partial charge in [-0.25, -0.2) is 0 Å². The minimum Gasteiger partial charge on any atom is -0.488 e. The maximum atomic E-state index is 11.0. The fraction of sp³-hybridized carbons (Fsp3) is 0.0769. The number of nitrogens with zero attached hydrogens (tertiary/aromatic N) is 2. The van der Waals surface area contributed by atoms with E-state index in [2.05, 4.69) is 22.6 Å². The van der Waals surface area contributed by atoms with E-state index in [1.54, 1.807) is 12.1 Å². The second-order valence-electron chi connectivity index (χ2n) is 4.05. The minimum absolute atomic E-state index is 0.0334. The largest absolute Gasteiger partial charge is 0.488 e. The number of para-hydroxylation sites is 1. The molecule has 0 unspecified atom stereocenters. The number of nitro benzene ring substituents is 2. The highest BCUT2D eigenvalue weighted by Gasteiger charge is 2.19. The Bertz CT molecular complexity index is 705. The molecule has 0 aromatic heterocycles. The van der Waals surface area contributed by atoms with Crippen LogP contribution in [-0.4, -0.2) is 9.85 Å². The smallest absolute Gasteiger partial charge is 0.282 e. The van der Waals surface area contributed by atoms with Gasteiger partial charge < -0.3 is 4.74 Å². The number of hydrogen-bond acceptors (Lipinski definition) is 5. The summed E-state index contributed by atoms with van der Waals surface area (Å²) in [6, 6.07) is 10.7. The third kappa shape index (κ3) is 3.66. The Morgan fingerprint density at radius 2 is 1.76 bits per heavy atom. The summed E-state index contributed by atoms with van der Waals surface area (Å²) in [5.41, 5.74) is -0.361. The normalized spacial score (nSPS) is 10.1. The summed E-state index contributed by atoms with van der Waals surface area (Å²) in [4.78, 5) is 20.3. The van der Waals surface area contributed by atoms with E-state index < -0.39 is 9.85 Å². The van der Waals surface area contributed by atoms with E-state index in [1.165, 1.54) is 12.1 Å². The van der Waals surface area contributed by atoms with Gasteiger partial charge in [0.1, 0.15) is 12.4 Å². The molecule has 0 radical (unpaired) electrons. The lowest BCUT2D eigenvalue weighted by Crippen LogP contribution is -2.02. The molecule has 0 heterocycles. The van der Waals surface area contributed by atoms with Gasteiger partial charge >= 0.3 is 0 Å². The lowest BCUT2D eigenvalue weighted by atomic mass is 10.1. The first-order valence-electron chi connectivity index (χ1n) is 5.78. The van der Waals surface area contributed by atoms with E-state index in [-0.39, 0.29) is 23.5 Å². The van der Waals surface area contributed by atoms with Crippen LogP contribution >= 0.6 is 22.6 Å². The van der Waals surface area contributed by atoms with Crippen molar-refractivity contribution in [3.05, 3.63) is 71.8 Å². The van der Waals surface area contributed by atoms with Crippen LogP contribution in [0.3, 0.4) is 0 Å². The Morgan fingerprint density at radius 3 is 2.38 bits per heavy atom. The van der Waals surface area contributed by atoms with Gasteiger partial charge in [-0.2, -0.15) is 0 Å². The van der Waals surface area contributed by atoms with E-state index in [4.69, 9.17) is 4.74 Å². The topological polar surface area (TPSA) is 95.5 Å². The second-order valence-corrected chi connectivity index (χ2v) is 5.21. The number of rotatable bonds is 5. The molecule has 2 aromatic carbocycles. The van der Waals surface area contributed by atoms with Gasteiger partial charge in [-0.3, -0.25) is 20.2 Å². The first kappa shape index (κ1) is 15.2. The first-order chi connectivity index (χ1) is 9.99. The fourth-order valence-corrected chi connectivity index (χ4v) is 2.22. The predicted molar refractivity (Wildman–Crippen MR) is 83.2 cm³/mol. The summed E-state index contributed by atoms with van der Waals surface area (Å²) in [6.45, 7) is -0.0334. The molecule has 0 spiro atoms. The average Bonchev–Trinajstić information content (AvgIpc) is 2.46. The van der Waals surface area contributed by atoms with Crippen molar-refractivity contribution in [2.75, 3.05) is 0 Å². The highest BCUT2D eigenvalue weighted by Crippen LogP contribution is 2.27. The van der Waals surface area contributed by atoms with Crippen LogP contribution in [0.5, 0.6) is 5.75 Å². The Balaban J connectivity index is 2.26. The van der Waals surface area contributed by atoms with Crippen molar-refractivity contribution in [2.45, 2.75) is 6.61 Å². The first-order valence-corrected chi connectivity index (χ1v) is 6.86. The summed E-state index contributed by atoms with van der Waals surface area (Å²) in [6.07, 6.45) is 0. The van der Waals surface area contributed by atoms with Gasteiger partial charge in [-0.1, -0.05) is 12.1 Å². The van der Waals surface area contributed by atoms with Gasteiger partial charge in [0, 0.05) is 6.07 Å². The molecule has 108 valence electrons. The number of benzene rings is 2. The van der Waals surface area contributed by atoms with Crippen molar-refractivity contribution in [3.63, 3.8) is 0 Å². The second kappa shape index (κ2) is 6.48. The molecular weight excluding hydrogens is 391 g/mol. The van der Waals surface area contributed by atoms with Crippen LogP contribution in [0.1, 0.15) is 5.56 Å². The molecule has 0 aliphatic heterocycles. The van der Waals surface area contributed by atoms with Gasteiger partial charge in [0.05, 0.1) is 25.0 Å². The van der Waals surface area contributed by atoms with Crippen LogP contribution in [0.4, 0.5) is 11.4 Å². The molecule has 0 aliphatic carbocycles. The van der Waals surface area contributed by atoms with Crippen LogP contribution in [-0.2, 0) is 6.61 Å². The van der Waals surface area contributed by atoms with Gasteiger partial charge in [-0.05, 0) is 40.8 Å². The van der Waals surface area contributed by atoms with Crippen molar-refractivity contribution in [2.24, 2.45) is 0 Å². The lowest BCUT2D eigenvalue weighted by molar-refractivity contribution is -0.394. The zero-order valence-corrected chi connectivity index (χ0v) is 12.7. The zero-order valence-electron chi connectivity index (χ0n) is 10.6. The monoisotopic (exact) mass is 400 g/mol. The molecule has 0 saturated heterocycles. The van der Waals surface area contributed by atoms with E-state index in [0.29, 0.717) is 5.75 Å². The molecule has 0 amide bonds. The molecule has 0 atom stereocenters. The van der Waals surface area contributed by atoms with Crippen LogP contribution < -0.4 is 4.74 Å². The summed E-state index contributed by atoms with van der Waals surface area (Å²) >= 11 is 2.09. The quantitative estimate of drug-likeness (QED) is 0.434. The van der Waals surface area contributed by atoms with Crippen LogP contribution in [0.25, 0.3) is 0 Å². The number of halogens is 1. The number of nitro groups is 2. The highest BCUT2D eigenvalue weighted by atomic mass is 127. The Morgan fingerprint density at radius 1 is 1.05 bits per heavy atom. The third-order valence-electron chi connectivity index (χ3n) is 2.70. The van der Waals surface area contributed by atoms with Gasteiger partial charge in [-0.15, -0.1) is 0 Å². The summed E-state index contributed by atoms with van der Waals surface area (Å²) in [5.74, 6) is 0.603. The maximum absolute atomic E-state index is 11.0. The summed E-state index contributed by atoms with van der Waals surface area (Å²) in [7, 11) is 0. The van der Waals surface area contributed by atoms with Gasteiger partial charge in [0.25, 0.3) is 11.4 Å². The van der Waals surface area contributed by atoms with Crippen molar-refractivity contribution in [1.82, 2.24) is 0 Å². The molecule has 7 nitrogen and oxygen atoms in total.